The van der Waals surface area contributed by atoms with Crippen molar-refractivity contribution in [3.63, 3.8) is 0 Å². The van der Waals surface area contributed by atoms with Crippen molar-refractivity contribution >= 4 is 27.8 Å². The monoisotopic (exact) mass is 389 g/mol. The highest BCUT2D eigenvalue weighted by atomic mass is 79.9. The Balaban J connectivity index is 2.03. The summed E-state index contributed by atoms with van der Waals surface area (Å²) in [7, 11) is 0. The van der Waals surface area contributed by atoms with Crippen molar-refractivity contribution < 1.29 is 14.7 Å². The summed E-state index contributed by atoms with van der Waals surface area (Å²) in [6, 6.07) is 16.5. The molecule has 0 aliphatic rings. The first-order chi connectivity index (χ1) is 11.5. The van der Waals surface area contributed by atoms with Gasteiger partial charge in [-0.05, 0) is 36.6 Å². The van der Waals surface area contributed by atoms with Crippen LogP contribution in [0.2, 0.25) is 0 Å². The van der Waals surface area contributed by atoms with Crippen LogP contribution in [-0.4, -0.2) is 17.0 Å². The quantitative estimate of drug-likeness (QED) is 0.752. The normalized spacial score (nSPS) is 13.1. The maximum absolute atomic E-state index is 12.3. The molecule has 0 saturated carbocycles. The number of amides is 1. The van der Waals surface area contributed by atoms with Crippen LogP contribution < -0.4 is 5.32 Å². The number of hydrogen-bond donors (Lipinski definition) is 2. The van der Waals surface area contributed by atoms with Crippen molar-refractivity contribution in [2.75, 3.05) is 0 Å². The molecule has 0 radical (unpaired) electrons. The summed E-state index contributed by atoms with van der Waals surface area (Å²) in [4.78, 5) is 23.7. The molecule has 0 fully saturated rings. The zero-order valence-corrected chi connectivity index (χ0v) is 15.0. The fourth-order valence-electron chi connectivity index (χ4n) is 2.50. The molecule has 2 N–H and O–H groups in total. The molecule has 0 bridgehead atoms. The average Bonchev–Trinajstić information content (AvgIpc) is 2.58. The molecule has 0 aliphatic heterocycles. The largest absolute Gasteiger partial charge is 0.481 e. The number of hydrogen-bond acceptors (Lipinski definition) is 2. The number of carboxylic acid groups (broad SMARTS) is 1. The van der Waals surface area contributed by atoms with Gasteiger partial charge >= 0.3 is 5.97 Å². The molecule has 4 nitrogen and oxygen atoms in total. The molecule has 2 aromatic rings. The minimum absolute atomic E-state index is 0.156. The molecule has 2 atom stereocenters. The van der Waals surface area contributed by atoms with Crippen molar-refractivity contribution in [2.24, 2.45) is 5.92 Å². The van der Waals surface area contributed by atoms with Crippen LogP contribution in [0.5, 0.6) is 0 Å². The number of halogens is 1. The lowest BCUT2D eigenvalue weighted by atomic mass is 9.94. The third kappa shape index (κ3) is 5.20. The SMILES string of the molecule is CC(C(=O)O)C(NC(=O)CCc1cccc(Br)c1)c1ccccc1. The van der Waals surface area contributed by atoms with Crippen molar-refractivity contribution in [3.05, 3.63) is 70.2 Å². The summed E-state index contributed by atoms with van der Waals surface area (Å²) in [5.74, 6) is -1.80. The summed E-state index contributed by atoms with van der Waals surface area (Å²) < 4.78 is 0.974. The van der Waals surface area contributed by atoms with Crippen LogP contribution in [0.4, 0.5) is 0 Å². The van der Waals surface area contributed by atoms with E-state index in [-0.39, 0.29) is 5.91 Å². The maximum atomic E-state index is 12.3. The number of nitrogens with one attached hydrogen (secondary N) is 1. The molecule has 5 heteroatoms. The molecule has 0 aromatic heterocycles. The summed E-state index contributed by atoms with van der Waals surface area (Å²) in [5.41, 5.74) is 1.85. The van der Waals surface area contributed by atoms with E-state index in [0.717, 1.165) is 15.6 Å². The van der Waals surface area contributed by atoms with Crippen LogP contribution in [-0.2, 0) is 16.0 Å². The Morgan fingerprint density at radius 2 is 1.83 bits per heavy atom. The van der Waals surface area contributed by atoms with Crippen LogP contribution >= 0.6 is 15.9 Å². The zero-order chi connectivity index (χ0) is 17.5. The van der Waals surface area contributed by atoms with Gasteiger partial charge in [0.1, 0.15) is 0 Å². The van der Waals surface area contributed by atoms with E-state index in [1.807, 2.05) is 54.6 Å². The lowest BCUT2D eigenvalue weighted by Gasteiger charge is -2.23. The first-order valence-electron chi connectivity index (χ1n) is 7.79. The van der Waals surface area contributed by atoms with E-state index in [9.17, 15) is 14.7 Å². The minimum atomic E-state index is -0.934. The van der Waals surface area contributed by atoms with Crippen LogP contribution in [0.15, 0.2) is 59.1 Å². The zero-order valence-electron chi connectivity index (χ0n) is 13.4. The van der Waals surface area contributed by atoms with Crippen LogP contribution in [0.25, 0.3) is 0 Å². The van der Waals surface area contributed by atoms with E-state index >= 15 is 0 Å². The molecule has 0 aliphatic carbocycles. The van der Waals surface area contributed by atoms with Crippen LogP contribution in [0.1, 0.15) is 30.5 Å². The molecule has 1 amide bonds. The number of aliphatic carboxylic acids is 1. The standard InChI is InChI=1S/C19H20BrNO3/c1-13(19(23)24)18(15-7-3-2-4-8-15)21-17(22)11-10-14-6-5-9-16(20)12-14/h2-9,12-13,18H,10-11H2,1H3,(H,21,22)(H,23,24). The Morgan fingerprint density at radius 1 is 1.12 bits per heavy atom. The first kappa shape index (κ1) is 18.2. The van der Waals surface area contributed by atoms with Gasteiger partial charge in [-0.1, -0.05) is 58.4 Å². The topological polar surface area (TPSA) is 66.4 Å². The maximum Gasteiger partial charge on any atom is 0.308 e. The second-order valence-electron chi connectivity index (χ2n) is 5.71. The Labute approximate surface area is 150 Å². The first-order valence-corrected chi connectivity index (χ1v) is 8.58. The molecule has 0 heterocycles. The lowest BCUT2D eigenvalue weighted by molar-refractivity contribution is -0.142. The van der Waals surface area contributed by atoms with E-state index in [2.05, 4.69) is 21.2 Å². The third-order valence-electron chi connectivity index (χ3n) is 3.89. The van der Waals surface area contributed by atoms with Crippen molar-refractivity contribution in [2.45, 2.75) is 25.8 Å². The fourth-order valence-corrected chi connectivity index (χ4v) is 2.94. The molecule has 24 heavy (non-hydrogen) atoms. The Morgan fingerprint density at radius 3 is 2.46 bits per heavy atom. The van der Waals surface area contributed by atoms with Crippen LogP contribution in [0, 0.1) is 5.92 Å². The number of benzene rings is 2. The van der Waals surface area contributed by atoms with Gasteiger partial charge in [0.2, 0.25) is 5.91 Å². The van der Waals surface area contributed by atoms with Gasteiger partial charge in [-0.15, -0.1) is 0 Å². The smallest absolute Gasteiger partial charge is 0.308 e. The van der Waals surface area contributed by atoms with Crippen LogP contribution in [0.3, 0.4) is 0 Å². The number of carboxylic acids is 1. The second-order valence-corrected chi connectivity index (χ2v) is 6.63. The highest BCUT2D eigenvalue weighted by Crippen LogP contribution is 2.22. The van der Waals surface area contributed by atoms with Crippen molar-refractivity contribution in [1.82, 2.24) is 5.32 Å². The summed E-state index contributed by atoms with van der Waals surface area (Å²) in [6.45, 7) is 1.61. The fraction of sp³-hybridized carbons (Fsp3) is 0.263. The van der Waals surface area contributed by atoms with Gasteiger partial charge in [0.25, 0.3) is 0 Å². The minimum Gasteiger partial charge on any atom is -0.481 e. The predicted octanol–water partition coefficient (Wildman–Crippen LogP) is 3.96. The Bertz CT molecular complexity index is 703. The molecule has 2 unspecified atom stereocenters. The number of rotatable bonds is 7. The van der Waals surface area contributed by atoms with Gasteiger partial charge in [0, 0.05) is 10.9 Å². The third-order valence-corrected chi connectivity index (χ3v) is 4.39. The predicted molar refractivity (Wildman–Crippen MR) is 96.6 cm³/mol. The van der Waals surface area contributed by atoms with Gasteiger partial charge < -0.3 is 10.4 Å². The van der Waals surface area contributed by atoms with E-state index in [1.54, 1.807) is 6.92 Å². The molecule has 2 rings (SSSR count). The highest BCUT2D eigenvalue weighted by molar-refractivity contribution is 9.10. The summed E-state index contributed by atoms with van der Waals surface area (Å²) in [5, 5.41) is 12.2. The number of carbonyl (C=O) groups excluding carboxylic acids is 1. The summed E-state index contributed by atoms with van der Waals surface area (Å²) >= 11 is 3.41. The van der Waals surface area contributed by atoms with Gasteiger partial charge in [0.05, 0.1) is 12.0 Å². The molecular weight excluding hydrogens is 370 g/mol. The van der Waals surface area contributed by atoms with E-state index < -0.39 is 17.9 Å². The second kappa shape index (κ2) is 8.64. The van der Waals surface area contributed by atoms with Crippen molar-refractivity contribution in [3.8, 4) is 0 Å². The van der Waals surface area contributed by atoms with Gasteiger partial charge in [-0.25, -0.2) is 0 Å². The summed E-state index contributed by atoms with van der Waals surface area (Å²) in [6.07, 6.45) is 0.917. The Hall–Kier alpha value is -2.14. The van der Waals surface area contributed by atoms with E-state index in [4.69, 9.17) is 0 Å². The lowest BCUT2D eigenvalue weighted by Crippen LogP contribution is -2.35. The van der Waals surface area contributed by atoms with Gasteiger partial charge in [-0.2, -0.15) is 0 Å². The number of aryl methyl sites for hydroxylation is 1. The molecule has 0 spiro atoms. The average molecular weight is 390 g/mol. The van der Waals surface area contributed by atoms with Crippen molar-refractivity contribution in [1.29, 1.82) is 0 Å². The van der Waals surface area contributed by atoms with E-state index in [0.29, 0.717) is 12.8 Å². The molecule has 126 valence electrons. The van der Waals surface area contributed by atoms with Gasteiger partial charge in [-0.3, -0.25) is 9.59 Å². The Kier molecular flexibility index (Phi) is 6.55. The number of carbonyl (C=O) groups is 2. The molecule has 2 aromatic carbocycles. The highest BCUT2D eigenvalue weighted by Gasteiger charge is 2.26. The van der Waals surface area contributed by atoms with Gasteiger partial charge in [0.15, 0.2) is 0 Å². The van der Waals surface area contributed by atoms with E-state index in [1.165, 1.54) is 0 Å². The molecule has 0 saturated heterocycles. The molecular formula is C19H20BrNO3.